The van der Waals surface area contributed by atoms with Crippen LogP contribution in [0.15, 0.2) is 109 Å². The maximum atomic E-state index is 4.87. The maximum absolute atomic E-state index is 4.87. The van der Waals surface area contributed by atoms with Crippen LogP contribution in [0.5, 0.6) is 0 Å². The van der Waals surface area contributed by atoms with Gasteiger partial charge in [-0.15, -0.1) is 0 Å². The van der Waals surface area contributed by atoms with Crippen LogP contribution in [-0.2, 0) is 11.8 Å². The molecular weight excluding hydrogens is 498 g/mol. The number of pyridine rings is 1. The number of nitrogens with zero attached hydrogens (tertiary/aromatic N) is 3. The Balaban J connectivity index is 1.29. The minimum atomic E-state index is -0.160. The van der Waals surface area contributed by atoms with E-state index in [-0.39, 0.29) is 5.41 Å². The molecule has 0 N–H and O–H groups in total. The van der Waals surface area contributed by atoms with Gasteiger partial charge in [-0.05, 0) is 91.9 Å². The maximum Gasteiger partial charge on any atom is 0.0744 e. The summed E-state index contributed by atoms with van der Waals surface area (Å²) in [6.07, 6.45) is 8.71. The van der Waals surface area contributed by atoms with Gasteiger partial charge in [0.1, 0.15) is 0 Å². The van der Waals surface area contributed by atoms with Crippen LogP contribution in [0, 0.1) is 0 Å². The lowest BCUT2D eigenvalue weighted by Crippen LogP contribution is -2.27. The van der Waals surface area contributed by atoms with E-state index in [2.05, 4.69) is 132 Å². The minimum Gasteiger partial charge on any atom is -0.313 e. The average molecular weight is 528 g/mol. The Morgan fingerprint density at radius 3 is 2.32 bits per heavy atom. The highest BCUT2D eigenvalue weighted by atomic mass is 15.0. The lowest BCUT2D eigenvalue weighted by atomic mass is 9.77. The van der Waals surface area contributed by atoms with Crippen LogP contribution < -0.4 is 0 Å². The number of hydrogen-bond acceptors (Lipinski definition) is 1. The van der Waals surface area contributed by atoms with Crippen LogP contribution in [0.2, 0.25) is 0 Å². The van der Waals surface area contributed by atoms with Crippen molar-refractivity contribution in [3.8, 4) is 22.5 Å². The van der Waals surface area contributed by atoms with E-state index in [0.29, 0.717) is 0 Å². The van der Waals surface area contributed by atoms with E-state index in [1.165, 1.54) is 72.0 Å². The van der Waals surface area contributed by atoms with Crippen molar-refractivity contribution in [3.63, 3.8) is 0 Å². The zero-order valence-electron chi connectivity index (χ0n) is 23.2. The van der Waals surface area contributed by atoms with Gasteiger partial charge in [-0.25, -0.2) is 0 Å². The van der Waals surface area contributed by atoms with Crippen LogP contribution in [-0.4, -0.2) is 14.1 Å². The van der Waals surface area contributed by atoms with Gasteiger partial charge < -0.3 is 9.13 Å². The molecule has 3 aromatic heterocycles. The van der Waals surface area contributed by atoms with Crippen LogP contribution in [0.1, 0.15) is 42.8 Å². The zero-order valence-corrected chi connectivity index (χ0v) is 23.2. The van der Waals surface area contributed by atoms with Crippen molar-refractivity contribution >= 4 is 38.8 Å². The van der Waals surface area contributed by atoms with Gasteiger partial charge in [-0.1, -0.05) is 60.7 Å². The van der Waals surface area contributed by atoms with E-state index in [0.717, 1.165) is 18.5 Å². The number of allylic oxidation sites excluding steroid dienone is 1. The molecule has 3 nitrogen and oxygen atoms in total. The van der Waals surface area contributed by atoms with Crippen molar-refractivity contribution in [1.29, 1.82) is 0 Å². The summed E-state index contributed by atoms with van der Waals surface area (Å²) in [5.74, 6) is 0. The van der Waals surface area contributed by atoms with Gasteiger partial charge in [-0.2, -0.15) is 0 Å². The number of benzene rings is 4. The highest BCUT2D eigenvalue weighted by Gasteiger charge is 2.36. The first kappa shape index (κ1) is 22.9. The molecule has 1 aliphatic heterocycles. The molecule has 0 radical (unpaired) electrons. The van der Waals surface area contributed by atoms with Gasteiger partial charge in [0.2, 0.25) is 0 Å². The predicted molar refractivity (Wildman–Crippen MR) is 170 cm³/mol. The molecule has 4 aromatic carbocycles. The molecule has 41 heavy (non-hydrogen) atoms. The first-order chi connectivity index (χ1) is 20.1. The third kappa shape index (κ3) is 3.01. The van der Waals surface area contributed by atoms with E-state index in [1.807, 2.05) is 6.20 Å². The van der Waals surface area contributed by atoms with Crippen molar-refractivity contribution in [2.45, 2.75) is 32.1 Å². The molecule has 0 atom stereocenters. The van der Waals surface area contributed by atoms with E-state index in [4.69, 9.17) is 4.98 Å². The normalized spacial score (nSPS) is 15.0. The van der Waals surface area contributed by atoms with E-state index < -0.39 is 0 Å². The van der Waals surface area contributed by atoms with Gasteiger partial charge in [0, 0.05) is 44.7 Å². The van der Waals surface area contributed by atoms with Crippen molar-refractivity contribution in [3.05, 3.63) is 132 Å². The van der Waals surface area contributed by atoms with Crippen molar-refractivity contribution in [1.82, 2.24) is 14.1 Å². The molecule has 0 fully saturated rings. The summed E-state index contributed by atoms with van der Waals surface area (Å²) in [5, 5.41) is 3.91. The third-order valence-electron chi connectivity index (χ3n) is 9.37. The molecule has 7 aromatic rings. The lowest BCUT2D eigenvalue weighted by molar-refractivity contribution is 0.606. The van der Waals surface area contributed by atoms with Gasteiger partial charge in [-0.3, -0.25) is 4.98 Å². The van der Waals surface area contributed by atoms with E-state index >= 15 is 0 Å². The minimum absolute atomic E-state index is 0.160. The van der Waals surface area contributed by atoms with Crippen LogP contribution in [0.3, 0.4) is 0 Å². The zero-order chi connectivity index (χ0) is 27.3. The topological polar surface area (TPSA) is 22.8 Å². The summed E-state index contributed by atoms with van der Waals surface area (Å²) >= 11 is 0. The largest absolute Gasteiger partial charge is 0.313 e. The second-order valence-corrected chi connectivity index (χ2v) is 12.0. The summed E-state index contributed by atoms with van der Waals surface area (Å²) in [5.41, 5.74) is 13.8. The molecule has 0 spiro atoms. The van der Waals surface area contributed by atoms with Crippen LogP contribution in [0.4, 0.5) is 0 Å². The fraction of sp³-hybridized carbons (Fsp3) is 0.132. The van der Waals surface area contributed by atoms with Gasteiger partial charge in [0.15, 0.2) is 0 Å². The smallest absolute Gasteiger partial charge is 0.0744 e. The SMILES string of the molecule is CC1(C)c2ncccc2-n2c3ccc(-c4ccc5c(c4)c4c(n5-c5ccccc5)CCC=C4)cc3c3cccc1c32. The van der Waals surface area contributed by atoms with E-state index in [9.17, 15) is 0 Å². The van der Waals surface area contributed by atoms with Gasteiger partial charge in [0.25, 0.3) is 0 Å². The molecule has 2 aliphatic rings. The lowest BCUT2D eigenvalue weighted by Gasteiger charge is -2.33. The first-order valence-corrected chi connectivity index (χ1v) is 14.5. The fourth-order valence-corrected chi connectivity index (χ4v) is 7.46. The first-order valence-electron chi connectivity index (χ1n) is 14.5. The molecule has 196 valence electrons. The Labute approximate surface area is 239 Å². The molecule has 0 unspecified atom stereocenters. The highest BCUT2D eigenvalue weighted by molar-refractivity contribution is 6.12. The second kappa shape index (κ2) is 8.08. The summed E-state index contributed by atoms with van der Waals surface area (Å²) in [6.45, 7) is 4.60. The number of hydrogen-bond donors (Lipinski definition) is 0. The fourth-order valence-electron chi connectivity index (χ4n) is 7.46. The van der Waals surface area contributed by atoms with Crippen molar-refractivity contribution < 1.29 is 0 Å². The molecule has 3 heteroatoms. The molecule has 0 bridgehead atoms. The van der Waals surface area contributed by atoms with Crippen molar-refractivity contribution in [2.24, 2.45) is 0 Å². The highest BCUT2D eigenvalue weighted by Crippen LogP contribution is 2.47. The van der Waals surface area contributed by atoms with Gasteiger partial charge in [0.05, 0.1) is 27.9 Å². The Morgan fingerprint density at radius 2 is 1.49 bits per heavy atom. The summed E-state index contributed by atoms with van der Waals surface area (Å²) in [6, 6.07) is 35.8. The number of rotatable bonds is 2. The average Bonchev–Trinajstić information content (AvgIpc) is 3.53. The Hall–Kier alpha value is -4.89. The Morgan fingerprint density at radius 1 is 0.707 bits per heavy atom. The third-order valence-corrected chi connectivity index (χ3v) is 9.37. The molecule has 0 amide bonds. The quantitative estimate of drug-likeness (QED) is 0.220. The molecule has 1 aliphatic carbocycles. The molecular formula is C38H29N3. The Kier molecular flexibility index (Phi) is 4.51. The number of aromatic nitrogens is 3. The standard InChI is InChI=1S/C38H29N3/c1-38(2)31-14-8-13-28-30-23-25(18-20-34(30)41(36(28)31)35-16-9-21-39-37(35)38)24-17-19-33-29(22-24)27-12-6-7-15-32(27)40(33)26-10-4-3-5-11-26/h3-6,8-14,16-23H,7,15H2,1-2H3. The Bertz CT molecular complexity index is 2220. The summed E-state index contributed by atoms with van der Waals surface area (Å²) in [7, 11) is 0. The van der Waals surface area contributed by atoms with Crippen LogP contribution in [0.25, 0.3) is 61.3 Å². The number of para-hydroxylation sites is 2. The number of fused-ring (bicyclic) bond motifs is 8. The molecule has 9 rings (SSSR count). The monoisotopic (exact) mass is 527 g/mol. The molecule has 4 heterocycles. The van der Waals surface area contributed by atoms with E-state index in [1.54, 1.807) is 0 Å². The van der Waals surface area contributed by atoms with Crippen LogP contribution >= 0.6 is 0 Å². The summed E-state index contributed by atoms with van der Waals surface area (Å²) in [4.78, 5) is 4.87. The predicted octanol–water partition coefficient (Wildman–Crippen LogP) is 9.39. The van der Waals surface area contributed by atoms with Crippen molar-refractivity contribution in [2.75, 3.05) is 0 Å². The summed E-state index contributed by atoms with van der Waals surface area (Å²) < 4.78 is 4.89. The molecule has 0 saturated heterocycles. The second-order valence-electron chi connectivity index (χ2n) is 12.0. The molecule has 0 saturated carbocycles. The van der Waals surface area contributed by atoms with Gasteiger partial charge >= 0.3 is 0 Å².